The molecule has 0 saturated heterocycles. The van der Waals surface area contributed by atoms with Crippen LogP contribution in [0.15, 0.2) is 36.5 Å². The number of hydrogen-bond donors (Lipinski definition) is 4. The summed E-state index contributed by atoms with van der Waals surface area (Å²) >= 11 is 0. The average Bonchev–Trinajstić information content (AvgIpc) is 3.20. The summed E-state index contributed by atoms with van der Waals surface area (Å²) in [5.41, 5.74) is 6.09. The Morgan fingerprint density at radius 3 is 2.73 bits per heavy atom. The molecule has 3 saturated carbocycles. The molecule has 1 aliphatic heterocycles. The standard InChI is InChI=1S/C26H26N6O/c33-26(12-1-2-12)29-25-16-10-15(5-6-18(16)31-32-25)24-22-14-4-3-13(9-14)21(22)23-17-11-27-30-19(17)7-8-20(23)28-24/h5-8,10-14,21-22,24,28H,1-4,9H2,(H,27,30)(H2,29,31,32,33)/t13-,14-,21+,22-,24+/m1/s1. The number of nitrogens with one attached hydrogen (secondary N) is 4. The van der Waals surface area contributed by atoms with E-state index in [0.29, 0.717) is 17.7 Å². The molecule has 4 N–H and O–H groups in total. The number of amides is 1. The molecule has 3 heterocycles. The number of anilines is 2. The van der Waals surface area contributed by atoms with Crippen LogP contribution in [0.4, 0.5) is 11.5 Å². The van der Waals surface area contributed by atoms with Gasteiger partial charge in [0.1, 0.15) is 0 Å². The molecular weight excluding hydrogens is 412 g/mol. The second-order valence-electron chi connectivity index (χ2n) is 10.6. The molecule has 0 radical (unpaired) electrons. The summed E-state index contributed by atoms with van der Waals surface area (Å²) in [6.45, 7) is 0. The van der Waals surface area contributed by atoms with Crippen molar-refractivity contribution in [1.82, 2.24) is 20.4 Å². The molecule has 2 bridgehead atoms. The number of carbonyl (C=O) groups is 1. The minimum absolute atomic E-state index is 0.0933. The van der Waals surface area contributed by atoms with E-state index < -0.39 is 0 Å². The molecule has 166 valence electrons. The first kappa shape index (κ1) is 18.1. The Hall–Kier alpha value is -3.35. The summed E-state index contributed by atoms with van der Waals surface area (Å²) in [7, 11) is 0. The molecular formula is C26H26N6O. The van der Waals surface area contributed by atoms with E-state index in [-0.39, 0.29) is 17.9 Å². The van der Waals surface area contributed by atoms with Crippen molar-refractivity contribution in [2.75, 3.05) is 10.6 Å². The van der Waals surface area contributed by atoms with E-state index >= 15 is 0 Å². The summed E-state index contributed by atoms with van der Waals surface area (Å²) in [5, 5.41) is 24.3. The highest BCUT2D eigenvalue weighted by Crippen LogP contribution is 2.64. The van der Waals surface area contributed by atoms with Gasteiger partial charge in [0.2, 0.25) is 5.91 Å². The monoisotopic (exact) mass is 438 g/mol. The van der Waals surface area contributed by atoms with Gasteiger partial charge in [-0.15, -0.1) is 0 Å². The highest BCUT2D eigenvalue weighted by molar-refractivity contribution is 6.01. The zero-order valence-corrected chi connectivity index (χ0v) is 18.3. The predicted molar refractivity (Wildman–Crippen MR) is 127 cm³/mol. The molecule has 8 rings (SSSR count). The van der Waals surface area contributed by atoms with Crippen molar-refractivity contribution >= 4 is 39.2 Å². The van der Waals surface area contributed by atoms with Gasteiger partial charge in [0.15, 0.2) is 5.82 Å². The van der Waals surface area contributed by atoms with Gasteiger partial charge in [0.05, 0.1) is 23.3 Å². The van der Waals surface area contributed by atoms with Crippen LogP contribution in [0.25, 0.3) is 21.8 Å². The molecule has 0 spiro atoms. The van der Waals surface area contributed by atoms with Crippen molar-refractivity contribution < 1.29 is 4.79 Å². The summed E-state index contributed by atoms with van der Waals surface area (Å²) in [6.07, 6.45) is 7.98. The smallest absolute Gasteiger partial charge is 0.228 e. The molecule has 4 aliphatic rings. The number of H-pyrrole nitrogens is 2. The first-order valence-corrected chi connectivity index (χ1v) is 12.3. The number of nitrogens with zero attached hydrogens (tertiary/aromatic N) is 2. The van der Waals surface area contributed by atoms with E-state index in [4.69, 9.17) is 0 Å². The molecule has 2 aromatic heterocycles. The third kappa shape index (κ3) is 2.53. The normalized spacial score (nSPS) is 29.8. The molecule has 7 nitrogen and oxygen atoms in total. The topological polar surface area (TPSA) is 98.5 Å². The zero-order valence-electron chi connectivity index (χ0n) is 18.3. The van der Waals surface area contributed by atoms with Crippen LogP contribution in [-0.4, -0.2) is 26.3 Å². The lowest BCUT2D eigenvalue weighted by molar-refractivity contribution is -0.117. The Bertz CT molecular complexity index is 1430. The number of rotatable bonds is 3. The quantitative estimate of drug-likeness (QED) is 0.358. The fraction of sp³-hybridized carbons (Fsp3) is 0.423. The third-order valence-electron chi connectivity index (χ3n) is 8.81. The highest BCUT2D eigenvalue weighted by atomic mass is 16.2. The average molecular weight is 439 g/mol. The number of fused-ring (bicyclic) bond motifs is 10. The molecule has 5 atom stereocenters. The molecule has 33 heavy (non-hydrogen) atoms. The SMILES string of the molecule is O=C(Nc1n[nH]c2ccc([C@@H]3Nc4ccc5[nH]ncc5c4[C@H]4[C@@H]5CC[C@H](C5)[C@H]43)cc12)C1CC1. The third-order valence-corrected chi connectivity index (χ3v) is 8.81. The molecule has 1 amide bonds. The van der Waals surface area contributed by atoms with Gasteiger partial charge in [-0.25, -0.2) is 0 Å². The maximum atomic E-state index is 12.4. The van der Waals surface area contributed by atoms with Crippen LogP contribution in [0.1, 0.15) is 55.2 Å². The summed E-state index contributed by atoms with van der Waals surface area (Å²) in [4.78, 5) is 12.4. The second-order valence-corrected chi connectivity index (χ2v) is 10.6. The number of benzene rings is 2. The first-order valence-electron chi connectivity index (χ1n) is 12.3. The molecule has 0 unspecified atom stereocenters. The van der Waals surface area contributed by atoms with Crippen molar-refractivity contribution in [3.8, 4) is 0 Å². The summed E-state index contributed by atoms with van der Waals surface area (Å²) in [6, 6.07) is 11.2. The minimum Gasteiger partial charge on any atom is -0.378 e. The fourth-order valence-electron chi connectivity index (χ4n) is 7.22. The van der Waals surface area contributed by atoms with Gasteiger partial charge in [-0.2, -0.15) is 10.2 Å². The van der Waals surface area contributed by atoms with Gasteiger partial charge in [-0.05, 0) is 91.2 Å². The predicted octanol–water partition coefficient (Wildman–Crippen LogP) is 5.08. The molecule has 2 aromatic carbocycles. The van der Waals surface area contributed by atoms with E-state index in [1.807, 2.05) is 6.20 Å². The van der Waals surface area contributed by atoms with Crippen molar-refractivity contribution in [3.05, 3.63) is 47.7 Å². The van der Waals surface area contributed by atoms with Crippen LogP contribution >= 0.6 is 0 Å². The number of hydrogen-bond acceptors (Lipinski definition) is 4. The van der Waals surface area contributed by atoms with Crippen molar-refractivity contribution in [1.29, 1.82) is 0 Å². The first-order chi connectivity index (χ1) is 16.2. The van der Waals surface area contributed by atoms with Crippen LogP contribution in [0.3, 0.4) is 0 Å². The van der Waals surface area contributed by atoms with Crippen LogP contribution in [0.5, 0.6) is 0 Å². The van der Waals surface area contributed by atoms with Crippen LogP contribution in [-0.2, 0) is 4.79 Å². The summed E-state index contributed by atoms with van der Waals surface area (Å²) in [5.74, 6) is 3.56. The van der Waals surface area contributed by atoms with Gasteiger partial charge in [0.25, 0.3) is 0 Å². The van der Waals surface area contributed by atoms with E-state index in [2.05, 4.69) is 61.4 Å². The lowest BCUT2D eigenvalue weighted by Crippen LogP contribution is -2.35. The largest absolute Gasteiger partial charge is 0.378 e. The van der Waals surface area contributed by atoms with Crippen LogP contribution < -0.4 is 10.6 Å². The van der Waals surface area contributed by atoms with E-state index in [9.17, 15) is 4.79 Å². The Morgan fingerprint density at radius 2 is 1.82 bits per heavy atom. The van der Waals surface area contributed by atoms with Gasteiger partial charge >= 0.3 is 0 Å². The van der Waals surface area contributed by atoms with Gasteiger partial charge < -0.3 is 10.6 Å². The van der Waals surface area contributed by atoms with Crippen molar-refractivity contribution in [2.24, 2.45) is 23.7 Å². The zero-order chi connectivity index (χ0) is 21.7. The number of aromatic amines is 2. The molecule has 3 aliphatic carbocycles. The van der Waals surface area contributed by atoms with E-state index in [0.717, 1.165) is 41.1 Å². The van der Waals surface area contributed by atoms with Crippen LogP contribution in [0.2, 0.25) is 0 Å². The van der Waals surface area contributed by atoms with E-state index in [1.165, 1.54) is 41.5 Å². The van der Waals surface area contributed by atoms with Crippen molar-refractivity contribution in [2.45, 2.75) is 44.1 Å². The maximum Gasteiger partial charge on any atom is 0.228 e. The van der Waals surface area contributed by atoms with Gasteiger partial charge in [-0.3, -0.25) is 15.0 Å². The summed E-state index contributed by atoms with van der Waals surface area (Å²) < 4.78 is 0. The highest BCUT2D eigenvalue weighted by Gasteiger charge is 2.54. The van der Waals surface area contributed by atoms with E-state index in [1.54, 1.807) is 0 Å². The van der Waals surface area contributed by atoms with Gasteiger partial charge in [0, 0.05) is 22.4 Å². The Balaban J connectivity index is 1.24. The maximum absolute atomic E-state index is 12.4. The lowest BCUT2D eigenvalue weighted by Gasteiger charge is -2.43. The number of carbonyl (C=O) groups excluding carboxylic acids is 1. The van der Waals surface area contributed by atoms with Crippen LogP contribution in [0, 0.1) is 23.7 Å². The Labute approximate surface area is 190 Å². The molecule has 4 aromatic rings. The molecule has 3 fully saturated rings. The Morgan fingerprint density at radius 1 is 0.970 bits per heavy atom. The number of aromatic nitrogens is 4. The second kappa shape index (κ2) is 6.37. The molecule has 7 heteroatoms. The van der Waals surface area contributed by atoms with Crippen molar-refractivity contribution in [3.63, 3.8) is 0 Å². The van der Waals surface area contributed by atoms with Gasteiger partial charge in [-0.1, -0.05) is 6.07 Å². The Kier molecular flexibility index (Phi) is 3.50. The minimum atomic E-state index is 0.0933. The lowest BCUT2D eigenvalue weighted by atomic mass is 9.67. The fourth-order valence-corrected chi connectivity index (χ4v) is 7.22.